The molecule has 0 fully saturated rings. The van der Waals surface area contributed by atoms with Gasteiger partial charge in [0, 0.05) is 6.42 Å². The summed E-state index contributed by atoms with van der Waals surface area (Å²) in [6.07, 6.45) is 0.741. The first kappa shape index (κ1) is 11.4. The number of ether oxygens (including phenoxy) is 1. The zero-order chi connectivity index (χ0) is 11.3. The molecule has 1 atom stereocenters. The molecular formula is C12H13FO2. The lowest BCUT2D eigenvalue weighted by molar-refractivity contribution is 0.0600. The van der Waals surface area contributed by atoms with Crippen LogP contribution in [0.1, 0.15) is 28.5 Å². The maximum atomic E-state index is 13.4. The fourth-order valence-electron chi connectivity index (χ4n) is 1.23. The fraction of sp³-hybridized carbons (Fsp3) is 0.250. The Morgan fingerprint density at radius 1 is 1.53 bits per heavy atom. The van der Waals surface area contributed by atoms with E-state index in [9.17, 15) is 9.18 Å². The van der Waals surface area contributed by atoms with Crippen molar-refractivity contribution in [3.8, 4) is 0 Å². The van der Waals surface area contributed by atoms with Crippen LogP contribution in [0.2, 0.25) is 0 Å². The van der Waals surface area contributed by atoms with Gasteiger partial charge < -0.3 is 4.74 Å². The summed E-state index contributed by atoms with van der Waals surface area (Å²) in [5, 5.41) is 0. The minimum absolute atomic E-state index is 0.275. The highest BCUT2D eigenvalue weighted by atomic mass is 19.1. The van der Waals surface area contributed by atoms with Gasteiger partial charge in [0.2, 0.25) is 0 Å². The largest absolute Gasteiger partial charge is 0.465 e. The molecule has 0 radical (unpaired) electrons. The second-order valence-electron chi connectivity index (χ2n) is 3.11. The Morgan fingerprint density at radius 2 is 2.13 bits per heavy atom. The van der Waals surface area contributed by atoms with Crippen molar-refractivity contribution in [2.45, 2.75) is 12.6 Å². The molecule has 15 heavy (non-hydrogen) atoms. The predicted octanol–water partition coefficient (Wildman–Crippen LogP) is 3.06. The van der Waals surface area contributed by atoms with Crippen molar-refractivity contribution in [3.63, 3.8) is 0 Å². The fourth-order valence-corrected chi connectivity index (χ4v) is 1.23. The summed E-state index contributed by atoms with van der Waals surface area (Å²) in [6.45, 7) is 3.47. The van der Waals surface area contributed by atoms with Gasteiger partial charge in [-0.25, -0.2) is 9.18 Å². The average Bonchev–Trinajstić information content (AvgIpc) is 2.28. The molecule has 0 N–H and O–H groups in total. The number of carbonyl (C=O) groups is 1. The van der Waals surface area contributed by atoms with E-state index in [0.717, 1.165) is 0 Å². The Labute approximate surface area is 88.4 Å². The molecule has 0 spiro atoms. The summed E-state index contributed by atoms with van der Waals surface area (Å²) in [5.41, 5.74) is 0.967. The summed E-state index contributed by atoms with van der Waals surface area (Å²) in [5.74, 6) is -0.416. The molecule has 2 nitrogen and oxygen atoms in total. The van der Waals surface area contributed by atoms with Crippen LogP contribution in [0.15, 0.2) is 36.9 Å². The molecule has 0 saturated heterocycles. The topological polar surface area (TPSA) is 26.3 Å². The number of methoxy groups -OCH3 is 1. The van der Waals surface area contributed by atoms with E-state index in [1.807, 2.05) is 0 Å². The molecule has 0 aliphatic heterocycles. The lowest BCUT2D eigenvalue weighted by Crippen LogP contribution is -2.01. The Bertz CT molecular complexity index is 343. The first-order valence-electron chi connectivity index (χ1n) is 4.62. The Hall–Kier alpha value is -1.64. The number of hydrogen-bond acceptors (Lipinski definition) is 2. The van der Waals surface area contributed by atoms with Crippen molar-refractivity contribution in [2.24, 2.45) is 0 Å². The summed E-state index contributed by atoms with van der Waals surface area (Å²) >= 11 is 0. The van der Waals surface area contributed by atoms with Gasteiger partial charge in [-0.15, -0.1) is 6.58 Å². The van der Waals surface area contributed by atoms with Crippen molar-refractivity contribution < 1.29 is 13.9 Å². The van der Waals surface area contributed by atoms with E-state index >= 15 is 0 Å². The first-order chi connectivity index (χ1) is 7.19. The summed E-state index contributed by atoms with van der Waals surface area (Å²) in [6, 6.07) is 6.27. The van der Waals surface area contributed by atoms with Gasteiger partial charge in [0.15, 0.2) is 0 Å². The number of halogens is 1. The molecule has 0 bridgehead atoms. The monoisotopic (exact) mass is 208 g/mol. The van der Waals surface area contributed by atoms with Gasteiger partial charge in [-0.3, -0.25) is 0 Å². The zero-order valence-electron chi connectivity index (χ0n) is 8.57. The van der Waals surface area contributed by atoms with Gasteiger partial charge in [-0.1, -0.05) is 18.2 Å². The number of rotatable bonds is 4. The van der Waals surface area contributed by atoms with E-state index in [1.165, 1.54) is 13.2 Å². The minimum Gasteiger partial charge on any atom is -0.465 e. The van der Waals surface area contributed by atoms with Crippen molar-refractivity contribution in [2.75, 3.05) is 7.11 Å². The van der Waals surface area contributed by atoms with E-state index in [4.69, 9.17) is 0 Å². The third-order valence-electron chi connectivity index (χ3n) is 2.07. The number of allylic oxidation sites excluding steroid dienone is 1. The van der Waals surface area contributed by atoms with Gasteiger partial charge in [0.1, 0.15) is 6.17 Å². The quantitative estimate of drug-likeness (QED) is 0.561. The average molecular weight is 208 g/mol. The molecule has 80 valence electrons. The Balaban J connectivity index is 2.80. The SMILES string of the molecule is C=CC[C@@H](F)c1ccc(C(=O)OC)cc1. The number of alkyl halides is 1. The van der Waals surface area contributed by atoms with Crippen molar-refractivity contribution in [1.82, 2.24) is 0 Å². The van der Waals surface area contributed by atoms with Crippen molar-refractivity contribution in [1.29, 1.82) is 0 Å². The van der Waals surface area contributed by atoms with Crippen LogP contribution in [-0.2, 0) is 4.74 Å². The van der Waals surface area contributed by atoms with Crippen molar-refractivity contribution in [3.05, 3.63) is 48.0 Å². The molecular weight excluding hydrogens is 195 g/mol. The maximum Gasteiger partial charge on any atom is 0.337 e. The van der Waals surface area contributed by atoms with Gasteiger partial charge in [-0.2, -0.15) is 0 Å². The van der Waals surface area contributed by atoms with Gasteiger partial charge in [-0.05, 0) is 17.7 Å². The molecule has 3 heteroatoms. The van der Waals surface area contributed by atoms with E-state index in [-0.39, 0.29) is 6.42 Å². The van der Waals surface area contributed by atoms with Crippen LogP contribution in [0.5, 0.6) is 0 Å². The van der Waals surface area contributed by atoms with Crippen LogP contribution < -0.4 is 0 Å². The number of benzene rings is 1. The van der Waals surface area contributed by atoms with Crippen LogP contribution >= 0.6 is 0 Å². The Morgan fingerprint density at radius 3 is 2.60 bits per heavy atom. The highest BCUT2D eigenvalue weighted by Gasteiger charge is 2.09. The first-order valence-corrected chi connectivity index (χ1v) is 4.62. The Kier molecular flexibility index (Phi) is 4.03. The maximum absolute atomic E-state index is 13.4. The lowest BCUT2D eigenvalue weighted by Gasteiger charge is -2.06. The summed E-state index contributed by atoms with van der Waals surface area (Å²) in [7, 11) is 1.31. The molecule has 0 aliphatic carbocycles. The van der Waals surface area contributed by atoms with E-state index in [1.54, 1.807) is 24.3 Å². The normalized spacial score (nSPS) is 11.9. The standard InChI is InChI=1S/C12H13FO2/c1-3-4-11(13)9-5-7-10(8-6-9)12(14)15-2/h3,5-8,11H,1,4H2,2H3/t11-/m1/s1. The van der Waals surface area contributed by atoms with E-state index in [2.05, 4.69) is 11.3 Å². The second kappa shape index (κ2) is 5.29. The minimum atomic E-state index is -1.06. The molecule has 0 aliphatic rings. The van der Waals surface area contributed by atoms with Crippen LogP contribution in [0, 0.1) is 0 Å². The molecule has 1 aromatic rings. The molecule has 0 aromatic heterocycles. The molecule has 1 rings (SSSR count). The number of hydrogen-bond donors (Lipinski definition) is 0. The third kappa shape index (κ3) is 2.91. The van der Waals surface area contributed by atoms with Crippen LogP contribution in [-0.4, -0.2) is 13.1 Å². The summed E-state index contributed by atoms with van der Waals surface area (Å²) < 4.78 is 17.9. The molecule has 0 amide bonds. The van der Waals surface area contributed by atoms with Crippen LogP contribution in [0.3, 0.4) is 0 Å². The predicted molar refractivity (Wildman–Crippen MR) is 56.4 cm³/mol. The molecule has 0 saturated carbocycles. The van der Waals surface area contributed by atoms with Crippen molar-refractivity contribution >= 4 is 5.97 Å². The van der Waals surface area contributed by atoms with Gasteiger partial charge in [0.05, 0.1) is 12.7 Å². The number of carbonyl (C=O) groups excluding carboxylic acids is 1. The third-order valence-corrected chi connectivity index (χ3v) is 2.07. The highest BCUT2D eigenvalue weighted by molar-refractivity contribution is 5.89. The van der Waals surface area contributed by atoms with Crippen LogP contribution in [0.4, 0.5) is 4.39 Å². The van der Waals surface area contributed by atoms with E-state index in [0.29, 0.717) is 11.1 Å². The van der Waals surface area contributed by atoms with Gasteiger partial charge >= 0.3 is 5.97 Å². The smallest absolute Gasteiger partial charge is 0.337 e. The molecule has 1 aromatic carbocycles. The molecule has 0 unspecified atom stereocenters. The van der Waals surface area contributed by atoms with E-state index < -0.39 is 12.1 Å². The van der Waals surface area contributed by atoms with Crippen LogP contribution in [0.25, 0.3) is 0 Å². The van der Waals surface area contributed by atoms with Gasteiger partial charge in [0.25, 0.3) is 0 Å². The summed E-state index contributed by atoms with van der Waals surface area (Å²) in [4.78, 5) is 11.1. The lowest BCUT2D eigenvalue weighted by atomic mass is 10.1. The number of esters is 1. The highest BCUT2D eigenvalue weighted by Crippen LogP contribution is 2.21. The molecule has 0 heterocycles. The second-order valence-corrected chi connectivity index (χ2v) is 3.11. The zero-order valence-corrected chi connectivity index (χ0v) is 8.57.